The number of rotatable bonds is 4. The normalized spacial score (nSPS) is 12.1. The molecule has 7 heteroatoms. The van der Waals surface area contributed by atoms with E-state index in [-0.39, 0.29) is 23.6 Å². The molecule has 0 radical (unpaired) electrons. The van der Waals surface area contributed by atoms with Crippen LogP contribution < -0.4 is 10.6 Å². The predicted molar refractivity (Wildman–Crippen MR) is 87.9 cm³/mol. The van der Waals surface area contributed by atoms with Crippen LogP contribution >= 0.6 is 11.6 Å². The second kappa shape index (κ2) is 7.00. The lowest BCUT2D eigenvalue weighted by Crippen LogP contribution is -2.37. The molecule has 23 heavy (non-hydrogen) atoms. The SMILES string of the molecule is Cc1nn(C)c(C)c1C(C)NC(=O)NCc1ccc(F)c(Cl)c1. The van der Waals surface area contributed by atoms with Crippen molar-refractivity contribution in [2.45, 2.75) is 33.4 Å². The van der Waals surface area contributed by atoms with Crippen LogP contribution in [0.3, 0.4) is 0 Å². The summed E-state index contributed by atoms with van der Waals surface area (Å²) < 4.78 is 14.9. The fraction of sp³-hybridized carbons (Fsp3) is 0.375. The van der Waals surface area contributed by atoms with Gasteiger partial charge in [-0.25, -0.2) is 9.18 Å². The zero-order chi connectivity index (χ0) is 17.1. The fourth-order valence-electron chi connectivity index (χ4n) is 2.57. The van der Waals surface area contributed by atoms with Gasteiger partial charge in [0.15, 0.2) is 0 Å². The van der Waals surface area contributed by atoms with Gasteiger partial charge in [0.25, 0.3) is 0 Å². The number of carbonyl (C=O) groups excluding carboxylic acids is 1. The third-order valence-corrected chi connectivity index (χ3v) is 4.07. The number of benzene rings is 1. The Morgan fingerprint density at radius 2 is 2.13 bits per heavy atom. The molecule has 0 aliphatic rings. The van der Waals surface area contributed by atoms with E-state index in [4.69, 9.17) is 11.6 Å². The van der Waals surface area contributed by atoms with Crippen LogP contribution in [-0.4, -0.2) is 15.8 Å². The highest BCUT2D eigenvalue weighted by molar-refractivity contribution is 6.30. The lowest BCUT2D eigenvalue weighted by atomic mass is 10.1. The van der Waals surface area contributed by atoms with Crippen molar-refractivity contribution in [3.63, 3.8) is 0 Å². The zero-order valence-corrected chi connectivity index (χ0v) is 14.3. The lowest BCUT2D eigenvalue weighted by Gasteiger charge is -2.15. The summed E-state index contributed by atoms with van der Waals surface area (Å²) in [5, 5.41) is 10.00. The van der Waals surface area contributed by atoms with Crippen molar-refractivity contribution in [1.82, 2.24) is 20.4 Å². The highest BCUT2D eigenvalue weighted by Crippen LogP contribution is 2.20. The molecule has 1 aromatic carbocycles. The molecule has 5 nitrogen and oxygen atoms in total. The Hall–Kier alpha value is -2.08. The number of urea groups is 1. The lowest BCUT2D eigenvalue weighted by molar-refractivity contribution is 0.237. The Morgan fingerprint density at radius 1 is 1.43 bits per heavy atom. The molecule has 0 spiro atoms. The van der Waals surface area contributed by atoms with Gasteiger partial charge in [-0.1, -0.05) is 17.7 Å². The van der Waals surface area contributed by atoms with E-state index >= 15 is 0 Å². The van der Waals surface area contributed by atoms with E-state index in [1.54, 1.807) is 10.7 Å². The summed E-state index contributed by atoms with van der Waals surface area (Å²) in [6.07, 6.45) is 0. The summed E-state index contributed by atoms with van der Waals surface area (Å²) in [6, 6.07) is 3.89. The second-order valence-electron chi connectivity index (χ2n) is 5.51. The molecule has 124 valence electrons. The largest absolute Gasteiger partial charge is 0.334 e. The van der Waals surface area contributed by atoms with Gasteiger partial charge in [-0.2, -0.15) is 5.10 Å². The average molecular weight is 339 g/mol. The van der Waals surface area contributed by atoms with Crippen LogP contribution in [0.25, 0.3) is 0 Å². The first-order chi connectivity index (χ1) is 10.8. The molecule has 1 atom stereocenters. The molecular formula is C16H20ClFN4O. The van der Waals surface area contributed by atoms with Crippen LogP contribution in [0.4, 0.5) is 9.18 Å². The van der Waals surface area contributed by atoms with Gasteiger partial charge in [-0.3, -0.25) is 4.68 Å². The van der Waals surface area contributed by atoms with Gasteiger partial charge in [-0.05, 0) is 38.5 Å². The summed E-state index contributed by atoms with van der Waals surface area (Å²) in [4.78, 5) is 12.0. The van der Waals surface area contributed by atoms with Gasteiger partial charge in [0, 0.05) is 24.8 Å². The van der Waals surface area contributed by atoms with E-state index in [0.717, 1.165) is 22.5 Å². The van der Waals surface area contributed by atoms with Crippen molar-refractivity contribution >= 4 is 17.6 Å². The van der Waals surface area contributed by atoms with Gasteiger partial charge in [-0.15, -0.1) is 0 Å². The second-order valence-corrected chi connectivity index (χ2v) is 5.91. The number of nitrogens with one attached hydrogen (secondary N) is 2. The monoisotopic (exact) mass is 338 g/mol. The number of aromatic nitrogens is 2. The number of carbonyl (C=O) groups is 1. The van der Waals surface area contributed by atoms with Crippen LogP contribution in [0, 0.1) is 19.7 Å². The minimum Gasteiger partial charge on any atom is -0.334 e. The Balaban J connectivity index is 1.95. The molecule has 0 saturated heterocycles. The molecule has 0 bridgehead atoms. The highest BCUT2D eigenvalue weighted by atomic mass is 35.5. The smallest absolute Gasteiger partial charge is 0.315 e. The van der Waals surface area contributed by atoms with E-state index < -0.39 is 5.82 Å². The summed E-state index contributed by atoms with van der Waals surface area (Å²) in [5.74, 6) is -0.476. The van der Waals surface area contributed by atoms with Gasteiger partial charge in [0.1, 0.15) is 5.82 Å². The molecule has 0 fully saturated rings. The van der Waals surface area contributed by atoms with E-state index in [9.17, 15) is 9.18 Å². The molecule has 1 unspecified atom stereocenters. The Bertz CT molecular complexity index is 729. The van der Waals surface area contributed by atoms with E-state index in [1.165, 1.54) is 12.1 Å². The van der Waals surface area contributed by atoms with Crippen LogP contribution in [0.2, 0.25) is 5.02 Å². The van der Waals surface area contributed by atoms with Crippen LogP contribution in [0.1, 0.15) is 35.5 Å². The zero-order valence-electron chi connectivity index (χ0n) is 13.6. The van der Waals surface area contributed by atoms with Crippen LogP contribution in [-0.2, 0) is 13.6 Å². The molecule has 0 saturated carbocycles. The summed E-state index contributed by atoms with van der Waals surface area (Å²) >= 11 is 5.72. The fourth-order valence-corrected chi connectivity index (χ4v) is 2.77. The third-order valence-electron chi connectivity index (χ3n) is 3.78. The Morgan fingerprint density at radius 3 is 2.70 bits per heavy atom. The number of amides is 2. The standard InChI is InChI=1S/C16H20ClFN4O/c1-9(15-10(2)21-22(4)11(15)3)20-16(23)19-8-12-5-6-14(18)13(17)7-12/h5-7,9H,8H2,1-4H3,(H2,19,20,23). The maximum absolute atomic E-state index is 13.1. The summed E-state index contributed by atoms with van der Waals surface area (Å²) in [5.41, 5.74) is 3.64. The van der Waals surface area contributed by atoms with Crippen molar-refractivity contribution in [2.24, 2.45) is 7.05 Å². The van der Waals surface area contributed by atoms with Gasteiger partial charge < -0.3 is 10.6 Å². The molecule has 2 aromatic rings. The minimum absolute atomic E-state index is 0.0414. The van der Waals surface area contributed by atoms with Gasteiger partial charge in [0.05, 0.1) is 16.8 Å². The van der Waals surface area contributed by atoms with E-state index in [0.29, 0.717) is 0 Å². The molecule has 0 aliphatic carbocycles. The first kappa shape index (κ1) is 17.3. The number of nitrogens with zero attached hydrogens (tertiary/aromatic N) is 2. The first-order valence-electron chi connectivity index (χ1n) is 7.28. The number of halogens is 2. The molecule has 0 aliphatic heterocycles. The number of hydrogen-bond acceptors (Lipinski definition) is 2. The maximum Gasteiger partial charge on any atom is 0.315 e. The quantitative estimate of drug-likeness (QED) is 0.897. The Kier molecular flexibility index (Phi) is 5.26. The summed E-state index contributed by atoms with van der Waals surface area (Å²) in [6.45, 7) is 6.06. The van der Waals surface area contributed by atoms with Gasteiger partial charge >= 0.3 is 6.03 Å². The number of hydrogen-bond donors (Lipinski definition) is 2. The van der Waals surface area contributed by atoms with Crippen molar-refractivity contribution in [3.8, 4) is 0 Å². The summed E-state index contributed by atoms with van der Waals surface area (Å²) in [7, 11) is 1.87. The van der Waals surface area contributed by atoms with Crippen LogP contribution in [0.15, 0.2) is 18.2 Å². The molecule has 2 rings (SSSR count). The first-order valence-corrected chi connectivity index (χ1v) is 7.65. The molecule has 2 N–H and O–H groups in total. The molecule has 1 heterocycles. The molecule has 1 aromatic heterocycles. The maximum atomic E-state index is 13.1. The number of aryl methyl sites for hydroxylation is 2. The van der Waals surface area contributed by atoms with E-state index in [2.05, 4.69) is 15.7 Å². The Labute approximate surface area is 139 Å². The molecular weight excluding hydrogens is 319 g/mol. The van der Waals surface area contributed by atoms with Crippen molar-refractivity contribution < 1.29 is 9.18 Å². The van der Waals surface area contributed by atoms with Crippen molar-refractivity contribution in [1.29, 1.82) is 0 Å². The van der Waals surface area contributed by atoms with Crippen molar-refractivity contribution in [2.75, 3.05) is 0 Å². The van der Waals surface area contributed by atoms with E-state index in [1.807, 2.05) is 27.8 Å². The minimum atomic E-state index is -0.476. The molecule has 2 amide bonds. The van der Waals surface area contributed by atoms with Crippen LogP contribution in [0.5, 0.6) is 0 Å². The highest BCUT2D eigenvalue weighted by Gasteiger charge is 2.17. The van der Waals surface area contributed by atoms with Gasteiger partial charge in [0.2, 0.25) is 0 Å². The van der Waals surface area contributed by atoms with Crippen molar-refractivity contribution in [3.05, 3.63) is 51.6 Å². The average Bonchev–Trinajstić information content (AvgIpc) is 2.73. The topological polar surface area (TPSA) is 59.0 Å². The predicted octanol–water partition coefficient (Wildman–Crippen LogP) is 3.39. The third kappa shape index (κ3) is 4.01.